The number of nitrogens with zero attached hydrogens (tertiary/aromatic N) is 1. The molecule has 3 aliphatic rings. The van der Waals surface area contributed by atoms with Crippen LogP contribution in [0.15, 0.2) is 41.2 Å². The summed E-state index contributed by atoms with van der Waals surface area (Å²) in [5.41, 5.74) is 1.97. The molecule has 154 valence electrons. The van der Waals surface area contributed by atoms with E-state index < -0.39 is 0 Å². The van der Waals surface area contributed by atoms with Gasteiger partial charge in [-0.05, 0) is 36.1 Å². The van der Waals surface area contributed by atoms with Gasteiger partial charge in [-0.2, -0.15) is 0 Å². The van der Waals surface area contributed by atoms with Gasteiger partial charge in [0, 0.05) is 37.3 Å². The first-order chi connectivity index (χ1) is 13.7. The van der Waals surface area contributed by atoms with E-state index in [0.717, 1.165) is 30.8 Å². The average Bonchev–Trinajstić information content (AvgIpc) is 3.16. The molecule has 0 aliphatic carbocycles. The second-order valence-electron chi connectivity index (χ2n) is 7.75. The normalized spacial score (nSPS) is 23.7. The predicted octanol–water partition coefficient (Wildman–Crippen LogP) is 1.61. The fraction of sp³-hybridized carbons (Fsp3) is 0.429. The van der Waals surface area contributed by atoms with Crippen LogP contribution in [0, 0.1) is 5.92 Å². The van der Waals surface area contributed by atoms with E-state index in [9.17, 15) is 9.59 Å². The molecule has 1 amide bonds. The topological polar surface area (TPSA) is 81.6 Å². The number of halogens is 1. The Bertz CT molecular complexity index is 977. The Kier molecular flexibility index (Phi) is 5.52. The van der Waals surface area contributed by atoms with Crippen LogP contribution in [0.3, 0.4) is 0 Å². The first kappa shape index (κ1) is 19.8. The van der Waals surface area contributed by atoms with Gasteiger partial charge in [0.25, 0.3) is 5.56 Å². The smallest absolute Gasteiger partial charge is 0.251 e. The van der Waals surface area contributed by atoms with E-state index in [0.29, 0.717) is 29.9 Å². The van der Waals surface area contributed by atoms with Gasteiger partial charge in [-0.3, -0.25) is 9.59 Å². The standard InChI is InChI=1S/C21H23N3O4.ClH/c25-20(7-13-4-5-18-19(6-13)28-12-27-18)23-11-17-15-8-14(9-22-10-15)16-2-1-3-21(26)24(16)17;/h1-6,14-15,17,22H,7-12H2,(H,23,25);1H/t14-,15+,17+;/m1./s1. The van der Waals surface area contributed by atoms with Crippen molar-refractivity contribution in [2.75, 3.05) is 26.4 Å². The number of aromatic nitrogens is 1. The number of fused-ring (bicyclic) bond motifs is 5. The number of hydrogen-bond donors (Lipinski definition) is 2. The second-order valence-corrected chi connectivity index (χ2v) is 7.75. The monoisotopic (exact) mass is 417 g/mol. The van der Waals surface area contributed by atoms with Crippen LogP contribution < -0.4 is 25.7 Å². The lowest BCUT2D eigenvalue weighted by atomic mass is 9.79. The number of carbonyl (C=O) groups excluding carboxylic acids is 1. The Morgan fingerprint density at radius 2 is 2.03 bits per heavy atom. The number of hydrogen-bond acceptors (Lipinski definition) is 5. The molecule has 0 spiro atoms. The van der Waals surface area contributed by atoms with Crippen LogP contribution in [-0.2, 0) is 11.2 Å². The van der Waals surface area contributed by atoms with Gasteiger partial charge in [0.05, 0.1) is 12.5 Å². The molecule has 4 heterocycles. The Balaban J connectivity index is 0.00000205. The Labute approximate surface area is 174 Å². The molecule has 2 N–H and O–H groups in total. The van der Waals surface area contributed by atoms with E-state index in [4.69, 9.17) is 9.47 Å². The van der Waals surface area contributed by atoms with Crippen molar-refractivity contribution in [3.63, 3.8) is 0 Å². The predicted molar refractivity (Wildman–Crippen MR) is 110 cm³/mol. The van der Waals surface area contributed by atoms with Crippen LogP contribution in [0.1, 0.15) is 29.6 Å². The van der Waals surface area contributed by atoms with Crippen LogP contribution in [0.4, 0.5) is 0 Å². The highest BCUT2D eigenvalue weighted by molar-refractivity contribution is 5.85. The molecule has 1 aromatic carbocycles. The van der Waals surface area contributed by atoms with Crippen LogP contribution in [-0.4, -0.2) is 36.9 Å². The highest BCUT2D eigenvalue weighted by atomic mass is 35.5. The summed E-state index contributed by atoms with van der Waals surface area (Å²) in [6, 6.07) is 11.0. The number of pyridine rings is 1. The Morgan fingerprint density at radius 3 is 2.93 bits per heavy atom. The summed E-state index contributed by atoms with van der Waals surface area (Å²) in [7, 11) is 0. The summed E-state index contributed by atoms with van der Waals surface area (Å²) in [6.45, 7) is 2.46. The molecule has 5 rings (SSSR count). The molecule has 2 aromatic rings. The summed E-state index contributed by atoms with van der Waals surface area (Å²) in [6.07, 6.45) is 1.32. The summed E-state index contributed by atoms with van der Waals surface area (Å²) < 4.78 is 12.6. The number of piperidine rings is 1. The minimum Gasteiger partial charge on any atom is -0.454 e. The van der Waals surface area contributed by atoms with Crippen LogP contribution in [0.5, 0.6) is 11.5 Å². The maximum Gasteiger partial charge on any atom is 0.251 e. The number of carbonyl (C=O) groups is 1. The first-order valence-corrected chi connectivity index (χ1v) is 9.76. The summed E-state index contributed by atoms with van der Waals surface area (Å²) in [5.74, 6) is 2.04. The van der Waals surface area contributed by atoms with Crippen molar-refractivity contribution in [1.29, 1.82) is 0 Å². The van der Waals surface area contributed by atoms with E-state index in [2.05, 4.69) is 10.6 Å². The minimum atomic E-state index is -0.0599. The molecule has 3 aliphatic heterocycles. The van der Waals surface area contributed by atoms with Crippen molar-refractivity contribution in [3.05, 3.63) is 58.0 Å². The number of ether oxygens (including phenoxy) is 2. The highest BCUT2D eigenvalue weighted by Crippen LogP contribution is 2.38. The molecule has 1 fully saturated rings. The van der Waals surface area contributed by atoms with E-state index >= 15 is 0 Å². The van der Waals surface area contributed by atoms with Gasteiger partial charge in [0.1, 0.15) is 0 Å². The quantitative estimate of drug-likeness (QED) is 0.789. The van der Waals surface area contributed by atoms with Crippen molar-refractivity contribution < 1.29 is 14.3 Å². The summed E-state index contributed by atoms with van der Waals surface area (Å²) >= 11 is 0. The highest BCUT2D eigenvalue weighted by Gasteiger charge is 2.37. The van der Waals surface area contributed by atoms with Gasteiger partial charge in [-0.15, -0.1) is 12.4 Å². The third kappa shape index (κ3) is 3.72. The molecular formula is C21H24ClN3O4. The molecule has 8 heteroatoms. The van der Waals surface area contributed by atoms with Crippen LogP contribution in [0.2, 0.25) is 0 Å². The second kappa shape index (κ2) is 8.08. The number of amides is 1. The van der Waals surface area contributed by atoms with Crippen molar-refractivity contribution in [2.45, 2.75) is 24.8 Å². The van der Waals surface area contributed by atoms with Gasteiger partial charge in [-0.25, -0.2) is 0 Å². The zero-order chi connectivity index (χ0) is 19.1. The molecule has 1 aromatic heterocycles. The summed E-state index contributed by atoms with van der Waals surface area (Å²) in [5, 5.41) is 6.52. The van der Waals surface area contributed by atoms with Crippen molar-refractivity contribution in [1.82, 2.24) is 15.2 Å². The number of rotatable bonds is 4. The zero-order valence-corrected chi connectivity index (χ0v) is 16.7. The van der Waals surface area contributed by atoms with Crippen LogP contribution >= 0.6 is 12.4 Å². The maximum absolute atomic E-state index is 12.6. The Hall–Kier alpha value is -2.51. The van der Waals surface area contributed by atoms with Gasteiger partial charge in [0.2, 0.25) is 12.7 Å². The molecule has 3 atom stereocenters. The van der Waals surface area contributed by atoms with Gasteiger partial charge >= 0.3 is 0 Å². The fourth-order valence-electron chi connectivity index (χ4n) is 4.68. The van der Waals surface area contributed by atoms with Gasteiger partial charge in [-0.1, -0.05) is 12.1 Å². The first-order valence-electron chi connectivity index (χ1n) is 9.76. The largest absolute Gasteiger partial charge is 0.454 e. The molecule has 0 saturated carbocycles. The Morgan fingerprint density at radius 1 is 1.17 bits per heavy atom. The van der Waals surface area contributed by atoms with Gasteiger partial charge < -0.3 is 24.7 Å². The van der Waals surface area contributed by atoms with Crippen LogP contribution in [0.25, 0.3) is 0 Å². The molecule has 29 heavy (non-hydrogen) atoms. The minimum absolute atomic E-state index is 0. The van der Waals surface area contributed by atoms with Gasteiger partial charge in [0.15, 0.2) is 11.5 Å². The lowest BCUT2D eigenvalue weighted by Crippen LogP contribution is -2.50. The van der Waals surface area contributed by atoms with E-state index in [-0.39, 0.29) is 43.1 Å². The summed E-state index contributed by atoms with van der Waals surface area (Å²) in [4.78, 5) is 25.1. The van der Waals surface area contributed by atoms with E-state index in [1.165, 1.54) is 0 Å². The fourth-order valence-corrected chi connectivity index (χ4v) is 4.68. The molecule has 0 unspecified atom stereocenters. The molecule has 1 saturated heterocycles. The third-order valence-corrected chi connectivity index (χ3v) is 6.01. The average molecular weight is 418 g/mol. The van der Waals surface area contributed by atoms with E-state index in [1.54, 1.807) is 6.07 Å². The van der Waals surface area contributed by atoms with Crippen molar-refractivity contribution in [3.8, 4) is 11.5 Å². The molecule has 7 nitrogen and oxygen atoms in total. The third-order valence-electron chi connectivity index (χ3n) is 6.01. The lowest BCUT2D eigenvalue weighted by molar-refractivity contribution is -0.120. The molecule has 0 radical (unpaired) electrons. The van der Waals surface area contributed by atoms with E-state index in [1.807, 2.05) is 34.9 Å². The zero-order valence-electron chi connectivity index (χ0n) is 15.9. The van der Waals surface area contributed by atoms with Crippen molar-refractivity contribution in [2.24, 2.45) is 5.92 Å². The number of benzene rings is 1. The lowest BCUT2D eigenvalue weighted by Gasteiger charge is -2.43. The molecular weight excluding hydrogens is 394 g/mol. The van der Waals surface area contributed by atoms with Crippen molar-refractivity contribution >= 4 is 18.3 Å². The number of nitrogens with one attached hydrogen (secondary N) is 2. The molecule has 2 bridgehead atoms. The SMILES string of the molecule is Cl.O=C(Cc1ccc2c(c1)OCO2)NC[C@H]1[C@@H]2CNC[C@@H](C2)c2cccc(=O)n21. The maximum atomic E-state index is 12.6.